The molecule has 0 N–H and O–H groups in total. The highest BCUT2D eigenvalue weighted by Crippen LogP contribution is 2.23. The Kier molecular flexibility index (Phi) is 10.8. The molecule has 0 bridgehead atoms. The molecule has 0 aliphatic heterocycles. The van der Waals surface area contributed by atoms with E-state index in [4.69, 9.17) is 19.2 Å². The Balaban J connectivity index is 1.85. The van der Waals surface area contributed by atoms with Crippen LogP contribution in [-0.4, -0.2) is 36.8 Å². The zero-order valence-corrected chi connectivity index (χ0v) is 23.5. The third kappa shape index (κ3) is 7.81. The van der Waals surface area contributed by atoms with E-state index < -0.39 is 0 Å². The number of hydrogen-bond donors (Lipinski definition) is 0. The van der Waals surface area contributed by atoms with Crippen molar-refractivity contribution < 1.29 is 19.0 Å². The number of carbonyl (C=O) groups is 1. The minimum atomic E-state index is -0.134. The predicted octanol–water partition coefficient (Wildman–Crippen LogP) is 5.83. The minimum Gasteiger partial charge on any atom is -0.497 e. The van der Waals surface area contributed by atoms with Gasteiger partial charge in [0.05, 0.1) is 36.0 Å². The van der Waals surface area contributed by atoms with Crippen LogP contribution >= 0.6 is 22.6 Å². The van der Waals surface area contributed by atoms with Crippen molar-refractivity contribution >= 4 is 34.5 Å². The van der Waals surface area contributed by atoms with Crippen LogP contribution < -0.4 is 14.4 Å². The number of rotatable bonds is 13. The first-order valence-electron chi connectivity index (χ1n) is 12.2. The molecule has 2 aromatic carbocycles. The molecule has 0 saturated carbocycles. The molecule has 0 fully saturated rings. The van der Waals surface area contributed by atoms with E-state index in [0.29, 0.717) is 38.5 Å². The monoisotopic (exact) mass is 603 g/mol. The lowest BCUT2D eigenvalue weighted by atomic mass is 9.99. The average Bonchev–Trinajstić information content (AvgIpc) is 2.90. The summed E-state index contributed by atoms with van der Waals surface area (Å²) in [4.78, 5) is 24.1. The number of esters is 1. The smallest absolute Gasteiger partial charge is 0.308 e. The van der Waals surface area contributed by atoms with Gasteiger partial charge in [-0.15, -0.1) is 0 Å². The largest absolute Gasteiger partial charge is 0.497 e. The van der Waals surface area contributed by atoms with E-state index in [9.17, 15) is 4.79 Å². The van der Waals surface area contributed by atoms with E-state index in [0.717, 1.165) is 38.3 Å². The molecular formula is C28H34IN3O4. The van der Waals surface area contributed by atoms with Gasteiger partial charge in [-0.25, -0.2) is 9.97 Å². The summed E-state index contributed by atoms with van der Waals surface area (Å²) >= 11 is 2.27. The molecule has 7 nitrogen and oxygen atoms in total. The lowest BCUT2D eigenvalue weighted by Crippen LogP contribution is -2.25. The van der Waals surface area contributed by atoms with E-state index >= 15 is 0 Å². The molecule has 0 saturated heterocycles. The van der Waals surface area contributed by atoms with Gasteiger partial charge in [0.25, 0.3) is 0 Å². The van der Waals surface area contributed by atoms with Crippen LogP contribution in [0.2, 0.25) is 0 Å². The highest BCUT2D eigenvalue weighted by molar-refractivity contribution is 14.1. The number of aryl methyl sites for hydroxylation is 1. The summed E-state index contributed by atoms with van der Waals surface area (Å²) < 4.78 is 16.8. The van der Waals surface area contributed by atoms with E-state index in [-0.39, 0.29) is 11.9 Å². The Morgan fingerprint density at radius 1 is 0.944 bits per heavy atom. The van der Waals surface area contributed by atoms with Crippen LogP contribution in [0.25, 0.3) is 0 Å². The topological polar surface area (TPSA) is 73.8 Å². The average molecular weight is 604 g/mol. The molecule has 3 aromatic rings. The first kappa shape index (κ1) is 27.7. The van der Waals surface area contributed by atoms with Gasteiger partial charge in [-0.05, 0) is 84.2 Å². The minimum absolute atomic E-state index is 0.131. The summed E-state index contributed by atoms with van der Waals surface area (Å²) in [7, 11) is 3.33. The highest BCUT2D eigenvalue weighted by Gasteiger charge is 2.20. The Morgan fingerprint density at radius 2 is 1.50 bits per heavy atom. The molecule has 0 radical (unpaired) electrons. The SMILES string of the molecule is CCOC(=O)C(CC)CCc1nc(N(Cc2ccc(OC)cc2)Cc2ccc(OC)cc2)ncc1I. The summed E-state index contributed by atoms with van der Waals surface area (Å²) in [6.07, 6.45) is 3.98. The van der Waals surface area contributed by atoms with Crippen molar-refractivity contribution in [3.63, 3.8) is 0 Å². The van der Waals surface area contributed by atoms with Gasteiger partial charge in [-0.1, -0.05) is 31.2 Å². The molecule has 0 aliphatic rings. The Bertz CT molecular complexity index is 1060. The summed E-state index contributed by atoms with van der Waals surface area (Å²) in [5.74, 6) is 2.03. The highest BCUT2D eigenvalue weighted by atomic mass is 127. The van der Waals surface area contributed by atoms with Crippen molar-refractivity contribution in [3.05, 3.63) is 75.1 Å². The first-order chi connectivity index (χ1) is 17.5. The quantitative estimate of drug-likeness (QED) is 0.180. The van der Waals surface area contributed by atoms with Crippen molar-refractivity contribution in [2.24, 2.45) is 5.92 Å². The molecule has 1 atom stereocenters. The van der Waals surface area contributed by atoms with Crippen LogP contribution in [0.3, 0.4) is 0 Å². The van der Waals surface area contributed by atoms with Crippen LogP contribution in [0.15, 0.2) is 54.7 Å². The maximum absolute atomic E-state index is 12.3. The third-order valence-electron chi connectivity index (χ3n) is 5.99. The number of nitrogens with zero attached hydrogens (tertiary/aromatic N) is 3. The maximum atomic E-state index is 12.3. The summed E-state index contributed by atoms with van der Waals surface area (Å²) in [5, 5.41) is 0. The van der Waals surface area contributed by atoms with E-state index in [1.165, 1.54) is 0 Å². The Morgan fingerprint density at radius 3 is 1.97 bits per heavy atom. The fourth-order valence-electron chi connectivity index (χ4n) is 3.88. The van der Waals surface area contributed by atoms with Crippen LogP contribution in [0.1, 0.15) is 43.5 Å². The summed E-state index contributed by atoms with van der Waals surface area (Å²) in [6, 6.07) is 16.1. The van der Waals surface area contributed by atoms with E-state index in [2.05, 4.69) is 56.7 Å². The lowest BCUT2D eigenvalue weighted by molar-refractivity contribution is -0.148. The number of anilines is 1. The van der Waals surface area contributed by atoms with Crippen molar-refractivity contribution in [1.82, 2.24) is 9.97 Å². The summed E-state index contributed by atoms with van der Waals surface area (Å²) in [6.45, 7) is 5.52. The van der Waals surface area contributed by atoms with Gasteiger partial charge in [0.1, 0.15) is 11.5 Å². The van der Waals surface area contributed by atoms with Crippen molar-refractivity contribution in [1.29, 1.82) is 0 Å². The Hall–Kier alpha value is -2.88. The second kappa shape index (κ2) is 14.0. The van der Waals surface area contributed by atoms with Crippen LogP contribution in [0, 0.1) is 9.49 Å². The van der Waals surface area contributed by atoms with Gasteiger partial charge in [-0.2, -0.15) is 0 Å². The molecule has 1 unspecified atom stereocenters. The first-order valence-corrected chi connectivity index (χ1v) is 13.2. The van der Waals surface area contributed by atoms with Gasteiger partial charge in [0, 0.05) is 19.3 Å². The second-order valence-electron chi connectivity index (χ2n) is 8.41. The molecule has 36 heavy (non-hydrogen) atoms. The van der Waals surface area contributed by atoms with Gasteiger partial charge in [0.15, 0.2) is 0 Å². The number of aromatic nitrogens is 2. The molecule has 8 heteroatoms. The number of methoxy groups -OCH3 is 2. The number of hydrogen-bond acceptors (Lipinski definition) is 7. The number of ether oxygens (including phenoxy) is 3. The van der Waals surface area contributed by atoms with Crippen LogP contribution in [0.5, 0.6) is 11.5 Å². The molecule has 192 valence electrons. The molecule has 3 rings (SSSR count). The van der Waals surface area contributed by atoms with Gasteiger partial charge in [-0.3, -0.25) is 4.79 Å². The van der Waals surface area contributed by atoms with Crippen LogP contribution in [-0.2, 0) is 29.0 Å². The van der Waals surface area contributed by atoms with Crippen LogP contribution in [0.4, 0.5) is 5.95 Å². The number of halogens is 1. The fourth-order valence-corrected chi connectivity index (χ4v) is 4.41. The van der Waals surface area contributed by atoms with Crippen molar-refractivity contribution in [2.75, 3.05) is 25.7 Å². The fraction of sp³-hybridized carbons (Fsp3) is 0.393. The van der Waals surface area contributed by atoms with Crippen molar-refractivity contribution in [2.45, 2.75) is 46.2 Å². The lowest BCUT2D eigenvalue weighted by Gasteiger charge is -2.24. The summed E-state index contributed by atoms with van der Waals surface area (Å²) in [5.41, 5.74) is 3.19. The number of carbonyl (C=O) groups excluding carboxylic acids is 1. The van der Waals surface area contributed by atoms with Gasteiger partial charge >= 0.3 is 5.97 Å². The molecular weight excluding hydrogens is 569 g/mol. The van der Waals surface area contributed by atoms with E-state index in [1.54, 1.807) is 14.2 Å². The normalized spacial score (nSPS) is 11.6. The molecule has 0 aliphatic carbocycles. The molecule has 1 heterocycles. The Labute approximate surface area is 227 Å². The molecule has 0 spiro atoms. The number of benzene rings is 2. The predicted molar refractivity (Wildman–Crippen MR) is 149 cm³/mol. The molecule has 1 aromatic heterocycles. The van der Waals surface area contributed by atoms with Gasteiger partial charge in [0.2, 0.25) is 5.95 Å². The van der Waals surface area contributed by atoms with E-state index in [1.807, 2.05) is 44.3 Å². The maximum Gasteiger partial charge on any atom is 0.308 e. The van der Waals surface area contributed by atoms with Crippen molar-refractivity contribution in [3.8, 4) is 11.5 Å². The zero-order chi connectivity index (χ0) is 25.9. The molecule has 0 amide bonds. The second-order valence-corrected chi connectivity index (χ2v) is 9.57. The van der Waals surface area contributed by atoms with Gasteiger partial charge < -0.3 is 19.1 Å². The standard InChI is InChI=1S/C28H34IN3O4/c1-5-22(27(33)36-6-2)11-16-26-25(29)17-30-28(31-26)32(18-20-7-12-23(34-3)13-8-20)19-21-9-14-24(35-4)15-10-21/h7-10,12-15,17,22H,5-6,11,16,18-19H2,1-4H3. The zero-order valence-electron chi connectivity index (χ0n) is 21.4. The third-order valence-corrected chi connectivity index (χ3v) is 6.90.